The molecule has 5 nitrogen and oxygen atoms in total. The van der Waals surface area contributed by atoms with Crippen LogP contribution in [-0.2, 0) is 6.42 Å². The highest BCUT2D eigenvalue weighted by Crippen LogP contribution is 2.21. The molecule has 0 fully saturated rings. The molecule has 0 aliphatic heterocycles. The minimum absolute atomic E-state index is 0.126. The molecule has 0 aliphatic rings. The van der Waals surface area contributed by atoms with Gasteiger partial charge in [0.2, 0.25) is 0 Å². The van der Waals surface area contributed by atoms with Gasteiger partial charge in [-0.2, -0.15) is 11.3 Å². The average molecular weight is 292 g/mol. The third kappa shape index (κ3) is 2.29. The molecule has 2 N–H and O–H groups in total. The third-order valence-corrected chi connectivity index (χ3v) is 4.36. The van der Waals surface area contributed by atoms with Crippen molar-refractivity contribution in [2.24, 2.45) is 0 Å². The molecule has 96 valence electrons. The Labute approximate surface area is 115 Å². The molecule has 3 rings (SSSR count). The van der Waals surface area contributed by atoms with E-state index in [0.29, 0.717) is 22.5 Å². The van der Waals surface area contributed by atoms with Crippen LogP contribution in [0.25, 0.3) is 10.2 Å². The standard InChI is InChI=1S/C12H8N2O3S2/c15-10-7-4-8(12(16)17)19-11(7)14-9(13-10)3-6-1-2-18-5-6/h1-2,4-5H,3H2,(H,16,17)(H,13,14,15). The van der Waals surface area contributed by atoms with Gasteiger partial charge in [0.15, 0.2) is 0 Å². The number of carboxylic acid groups (broad SMARTS) is 1. The number of carbonyl (C=O) groups is 1. The molecule has 3 aromatic heterocycles. The predicted octanol–water partition coefficient (Wildman–Crippen LogP) is 2.34. The largest absolute Gasteiger partial charge is 0.477 e. The summed E-state index contributed by atoms with van der Waals surface area (Å²) >= 11 is 2.60. The summed E-state index contributed by atoms with van der Waals surface area (Å²) in [7, 11) is 0. The van der Waals surface area contributed by atoms with Gasteiger partial charge in [-0.1, -0.05) is 0 Å². The second kappa shape index (κ2) is 4.60. The summed E-state index contributed by atoms with van der Waals surface area (Å²) < 4.78 is 0. The summed E-state index contributed by atoms with van der Waals surface area (Å²) in [6.07, 6.45) is 0.537. The van der Waals surface area contributed by atoms with Crippen molar-refractivity contribution in [2.45, 2.75) is 6.42 Å². The van der Waals surface area contributed by atoms with Crippen molar-refractivity contribution < 1.29 is 9.90 Å². The Morgan fingerprint density at radius 3 is 3.00 bits per heavy atom. The van der Waals surface area contributed by atoms with E-state index in [-0.39, 0.29) is 10.4 Å². The van der Waals surface area contributed by atoms with Gasteiger partial charge in [-0.25, -0.2) is 9.78 Å². The number of aromatic carboxylic acids is 1. The van der Waals surface area contributed by atoms with Crippen LogP contribution < -0.4 is 5.56 Å². The van der Waals surface area contributed by atoms with Gasteiger partial charge in [0, 0.05) is 6.42 Å². The van der Waals surface area contributed by atoms with E-state index in [9.17, 15) is 9.59 Å². The van der Waals surface area contributed by atoms with E-state index in [1.54, 1.807) is 11.3 Å². The van der Waals surface area contributed by atoms with E-state index in [1.807, 2.05) is 16.8 Å². The number of hydrogen-bond acceptors (Lipinski definition) is 5. The van der Waals surface area contributed by atoms with Gasteiger partial charge in [0.05, 0.1) is 5.39 Å². The average Bonchev–Trinajstić information content (AvgIpc) is 2.97. The van der Waals surface area contributed by atoms with Crippen LogP contribution in [0.5, 0.6) is 0 Å². The van der Waals surface area contributed by atoms with Crippen molar-refractivity contribution >= 4 is 38.9 Å². The molecular formula is C12H8N2O3S2. The van der Waals surface area contributed by atoms with E-state index in [4.69, 9.17) is 5.11 Å². The SMILES string of the molecule is O=C(O)c1cc2c(=O)[nH]c(Cc3ccsc3)nc2s1. The normalized spacial score (nSPS) is 10.9. The lowest BCUT2D eigenvalue weighted by atomic mass is 10.2. The monoisotopic (exact) mass is 292 g/mol. The first-order valence-corrected chi connectivity index (χ1v) is 7.16. The topological polar surface area (TPSA) is 83.0 Å². The number of thiophene rings is 2. The number of hydrogen-bond donors (Lipinski definition) is 2. The van der Waals surface area contributed by atoms with Gasteiger partial charge in [0.1, 0.15) is 15.5 Å². The fourth-order valence-corrected chi connectivity index (χ4v) is 3.31. The number of carboxylic acids is 1. The Morgan fingerprint density at radius 2 is 2.32 bits per heavy atom. The number of aromatic amines is 1. The van der Waals surface area contributed by atoms with Crippen molar-refractivity contribution in [1.82, 2.24) is 9.97 Å². The molecule has 19 heavy (non-hydrogen) atoms. The Kier molecular flexibility index (Phi) is 2.92. The lowest BCUT2D eigenvalue weighted by Crippen LogP contribution is -2.10. The van der Waals surface area contributed by atoms with Crippen molar-refractivity contribution in [3.8, 4) is 0 Å². The van der Waals surface area contributed by atoms with Gasteiger partial charge >= 0.3 is 5.97 Å². The quantitative estimate of drug-likeness (QED) is 0.776. The van der Waals surface area contributed by atoms with Crippen molar-refractivity contribution in [3.05, 3.63) is 49.5 Å². The zero-order valence-electron chi connectivity index (χ0n) is 9.54. The second-order valence-electron chi connectivity index (χ2n) is 3.96. The van der Waals surface area contributed by atoms with Crippen LogP contribution in [0.3, 0.4) is 0 Å². The number of nitrogens with one attached hydrogen (secondary N) is 1. The zero-order chi connectivity index (χ0) is 13.4. The third-order valence-electron chi connectivity index (χ3n) is 2.61. The fraction of sp³-hybridized carbons (Fsp3) is 0.0833. The van der Waals surface area contributed by atoms with Crippen LogP contribution in [0.1, 0.15) is 21.1 Å². The molecule has 0 saturated heterocycles. The minimum atomic E-state index is -1.04. The number of fused-ring (bicyclic) bond motifs is 1. The maximum absolute atomic E-state index is 11.9. The lowest BCUT2D eigenvalue weighted by Gasteiger charge is -1.98. The molecule has 0 unspecified atom stereocenters. The van der Waals surface area contributed by atoms with Crippen molar-refractivity contribution in [1.29, 1.82) is 0 Å². The van der Waals surface area contributed by atoms with Crippen molar-refractivity contribution in [2.75, 3.05) is 0 Å². The molecule has 0 aliphatic carbocycles. The maximum Gasteiger partial charge on any atom is 0.345 e. The van der Waals surface area contributed by atoms with Crippen LogP contribution in [0.2, 0.25) is 0 Å². The van der Waals surface area contributed by atoms with E-state index < -0.39 is 5.97 Å². The molecule has 7 heteroatoms. The van der Waals surface area contributed by atoms with Crippen LogP contribution >= 0.6 is 22.7 Å². The van der Waals surface area contributed by atoms with Gasteiger partial charge in [-0.15, -0.1) is 11.3 Å². The molecule has 0 saturated carbocycles. The highest BCUT2D eigenvalue weighted by atomic mass is 32.1. The van der Waals surface area contributed by atoms with Gasteiger partial charge in [-0.3, -0.25) is 4.79 Å². The van der Waals surface area contributed by atoms with Gasteiger partial charge < -0.3 is 10.1 Å². The molecular weight excluding hydrogens is 284 g/mol. The molecule has 0 spiro atoms. The maximum atomic E-state index is 11.9. The van der Waals surface area contributed by atoms with Gasteiger partial charge in [0.25, 0.3) is 5.56 Å². The molecule has 3 aromatic rings. The van der Waals surface area contributed by atoms with E-state index in [0.717, 1.165) is 16.9 Å². The Bertz CT molecular complexity index is 802. The van der Waals surface area contributed by atoms with Crippen molar-refractivity contribution in [3.63, 3.8) is 0 Å². The van der Waals surface area contributed by atoms with E-state index >= 15 is 0 Å². The van der Waals surface area contributed by atoms with Gasteiger partial charge in [-0.05, 0) is 28.5 Å². The van der Waals surface area contributed by atoms with Crippen LogP contribution in [0.4, 0.5) is 0 Å². The van der Waals surface area contributed by atoms with Crippen LogP contribution in [-0.4, -0.2) is 21.0 Å². The highest BCUT2D eigenvalue weighted by molar-refractivity contribution is 7.20. The van der Waals surface area contributed by atoms with Crippen LogP contribution in [0, 0.1) is 0 Å². The molecule has 0 bridgehead atoms. The lowest BCUT2D eigenvalue weighted by molar-refractivity contribution is 0.0702. The molecule has 3 heterocycles. The summed E-state index contributed by atoms with van der Waals surface area (Å²) in [5.41, 5.74) is 0.779. The summed E-state index contributed by atoms with van der Waals surface area (Å²) in [4.78, 5) is 30.4. The fourth-order valence-electron chi connectivity index (χ4n) is 1.75. The summed E-state index contributed by atoms with van der Waals surface area (Å²) in [6.45, 7) is 0. The molecule has 0 aromatic carbocycles. The first kappa shape index (κ1) is 12.1. The summed E-state index contributed by atoms with van der Waals surface area (Å²) in [5, 5.41) is 13.2. The smallest absolute Gasteiger partial charge is 0.345 e. The zero-order valence-corrected chi connectivity index (χ0v) is 11.2. The Hall–Kier alpha value is -1.99. The number of nitrogens with zero attached hydrogens (tertiary/aromatic N) is 1. The van der Waals surface area contributed by atoms with E-state index in [2.05, 4.69) is 9.97 Å². The Morgan fingerprint density at radius 1 is 1.47 bits per heavy atom. The minimum Gasteiger partial charge on any atom is -0.477 e. The predicted molar refractivity (Wildman–Crippen MR) is 74.3 cm³/mol. The summed E-state index contributed by atoms with van der Waals surface area (Å²) in [6, 6.07) is 3.33. The van der Waals surface area contributed by atoms with Crippen LogP contribution in [0.15, 0.2) is 27.7 Å². The first-order valence-electron chi connectivity index (χ1n) is 5.40. The first-order chi connectivity index (χ1) is 9.13. The molecule has 0 atom stereocenters. The van der Waals surface area contributed by atoms with E-state index in [1.165, 1.54) is 6.07 Å². The number of rotatable bonds is 3. The molecule has 0 amide bonds. The Balaban J connectivity index is 2.08. The second-order valence-corrected chi connectivity index (χ2v) is 5.77. The number of aromatic nitrogens is 2. The highest BCUT2D eigenvalue weighted by Gasteiger charge is 2.13. The molecule has 0 radical (unpaired) electrons. The summed E-state index contributed by atoms with van der Waals surface area (Å²) in [5.74, 6) is -0.489. The number of H-pyrrole nitrogens is 1.